The standard InChI is InChI=1S/C10H16BrNO2/c1-3-10(9(13)14)4-5-12(7-10)6-8(2)11/h2-7H2,1H3,(H,13,14). The number of halogens is 1. The first-order valence-electron chi connectivity index (χ1n) is 4.79. The van der Waals surface area contributed by atoms with Gasteiger partial charge >= 0.3 is 5.97 Å². The summed E-state index contributed by atoms with van der Waals surface area (Å²) in [4.78, 5) is 13.3. The van der Waals surface area contributed by atoms with Crippen molar-refractivity contribution in [2.75, 3.05) is 19.6 Å². The average molecular weight is 262 g/mol. The normalized spacial score (nSPS) is 27.9. The zero-order chi connectivity index (χ0) is 10.8. The Kier molecular flexibility index (Phi) is 3.72. The second kappa shape index (κ2) is 4.45. The molecule has 80 valence electrons. The van der Waals surface area contributed by atoms with Gasteiger partial charge in [0.25, 0.3) is 0 Å². The highest BCUT2D eigenvalue weighted by atomic mass is 79.9. The van der Waals surface area contributed by atoms with Gasteiger partial charge in [-0.3, -0.25) is 9.69 Å². The van der Waals surface area contributed by atoms with E-state index >= 15 is 0 Å². The van der Waals surface area contributed by atoms with Crippen molar-refractivity contribution in [2.45, 2.75) is 19.8 Å². The Morgan fingerprint density at radius 1 is 1.71 bits per heavy atom. The number of nitrogens with zero attached hydrogens (tertiary/aromatic N) is 1. The van der Waals surface area contributed by atoms with Crippen molar-refractivity contribution in [1.82, 2.24) is 4.90 Å². The van der Waals surface area contributed by atoms with E-state index in [9.17, 15) is 4.79 Å². The van der Waals surface area contributed by atoms with Crippen molar-refractivity contribution in [3.63, 3.8) is 0 Å². The highest BCUT2D eigenvalue weighted by molar-refractivity contribution is 9.11. The number of rotatable bonds is 4. The maximum Gasteiger partial charge on any atom is 0.310 e. The van der Waals surface area contributed by atoms with Crippen LogP contribution in [0.1, 0.15) is 19.8 Å². The summed E-state index contributed by atoms with van der Waals surface area (Å²) in [5.41, 5.74) is -0.525. The fraction of sp³-hybridized carbons (Fsp3) is 0.700. The molecule has 0 saturated carbocycles. The molecule has 14 heavy (non-hydrogen) atoms. The highest BCUT2D eigenvalue weighted by Crippen LogP contribution is 2.34. The number of aliphatic carboxylic acids is 1. The van der Waals surface area contributed by atoms with Crippen LogP contribution in [0, 0.1) is 5.41 Å². The van der Waals surface area contributed by atoms with Crippen molar-refractivity contribution in [2.24, 2.45) is 5.41 Å². The minimum atomic E-state index is -0.664. The molecular weight excluding hydrogens is 246 g/mol. The predicted octanol–water partition coefficient (Wildman–Crippen LogP) is 2.08. The molecule has 1 aliphatic heterocycles. The lowest BCUT2D eigenvalue weighted by molar-refractivity contribution is -0.148. The third-order valence-corrected chi connectivity index (χ3v) is 3.21. The maximum atomic E-state index is 11.1. The molecule has 0 aromatic carbocycles. The third-order valence-electron chi connectivity index (χ3n) is 2.96. The Labute approximate surface area is 92.9 Å². The van der Waals surface area contributed by atoms with Crippen LogP contribution in [0.3, 0.4) is 0 Å². The molecule has 0 bridgehead atoms. The number of carbonyl (C=O) groups is 1. The molecule has 0 radical (unpaired) electrons. The van der Waals surface area contributed by atoms with E-state index < -0.39 is 11.4 Å². The van der Waals surface area contributed by atoms with Crippen LogP contribution in [0.25, 0.3) is 0 Å². The Morgan fingerprint density at radius 3 is 2.71 bits per heavy atom. The van der Waals surface area contributed by atoms with Crippen molar-refractivity contribution < 1.29 is 9.90 Å². The van der Waals surface area contributed by atoms with E-state index in [1.807, 2.05) is 6.92 Å². The van der Waals surface area contributed by atoms with Crippen molar-refractivity contribution in [3.8, 4) is 0 Å². The van der Waals surface area contributed by atoms with E-state index in [4.69, 9.17) is 5.11 Å². The first-order valence-corrected chi connectivity index (χ1v) is 5.58. The van der Waals surface area contributed by atoms with Gasteiger partial charge in [-0.05, 0) is 19.4 Å². The first kappa shape index (κ1) is 11.7. The van der Waals surface area contributed by atoms with Gasteiger partial charge in [-0.25, -0.2) is 0 Å². The quantitative estimate of drug-likeness (QED) is 0.843. The summed E-state index contributed by atoms with van der Waals surface area (Å²) in [6.07, 6.45) is 1.45. The molecule has 1 N–H and O–H groups in total. The van der Waals surface area contributed by atoms with E-state index in [0.717, 1.165) is 24.0 Å². The fourth-order valence-electron chi connectivity index (χ4n) is 1.95. The number of carboxylic acids is 1. The summed E-state index contributed by atoms with van der Waals surface area (Å²) in [5, 5.41) is 9.15. The summed E-state index contributed by atoms with van der Waals surface area (Å²) >= 11 is 3.30. The van der Waals surface area contributed by atoms with Gasteiger partial charge in [-0.2, -0.15) is 0 Å². The van der Waals surface area contributed by atoms with Gasteiger partial charge in [0, 0.05) is 17.6 Å². The molecule has 0 aromatic rings. The Hall–Kier alpha value is -0.350. The SMILES string of the molecule is C=C(Br)CN1CCC(CC)(C(=O)O)C1. The first-order chi connectivity index (χ1) is 6.50. The molecule has 0 aromatic heterocycles. The Bertz CT molecular complexity index is 255. The monoisotopic (exact) mass is 261 g/mol. The molecule has 1 heterocycles. The summed E-state index contributed by atoms with van der Waals surface area (Å²) in [6.45, 7) is 7.95. The van der Waals surface area contributed by atoms with Gasteiger partial charge in [0.2, 0.25) is 0 Å². The lowest BCUT2D eigenvalue weighted by atomic mass is 9.84. The summed E-state index contributed by atoms with van der Waals surface area (Å²) in [7, 11) is 0. The van der Waals surface area contributed by atoms with Crippen LogP contribution in [-0.4, -0.2) is 35.6 Å². The van der Waals surface area contributed by atoms with Crippen LogP contribution in [0.15, 0.2) is 11.1 Å². The topological polar surface area (TPSA) is 40.5 Å². The van der Waals surface area contributed by atoms with Gasteiger partial charge in [0.1, 0.15) is 0 Å². The summed E-state index contributed by atoms with van der Waals surface area (Å²) < 4.78 is 0.912. The largest absolute Gasteiger partial charge is 0.481 e. The summed E-state index contributed by atoms with van der Waals surface area (Å²) in [6, 6.07) is 0. The lowest BCUT2D eigenvalue weighted by Gasteiger charge is -2.22. The molecule has 0 amide bonds. The van der Waals surface area contributed by atoms with Crippen molar-refractivity contribution >= 4 is 21.9 Å². The van der Waals surface area contributed by atoms with Crippen LogP contribution < -0.4 is 0 Å². The van der Waals surface area contributed by atoms with E-state index in [1.54, 1.807) is 0 Å². The van der Waals surface area contributed by atoms with Gasteiger partial charge in [0.15, 0.2) is 0 Å². The molecule has 1 unspecified atom stereocenters. The van der Waals surface area contributed by atoms with Gasteiger partial charge in [-0.15, -0.1) is 0 Å². The Morgan fingerprint density at radius 2 is 2.36 bits per heavy atom. The second-order valence-corrected chi connectivity index (χ2v) is 5.04. The van der Waals surface area contributed by atoms with E-state index in [-0.39, 0.29) is 0 Å². The third kappa shape index (κ3) is 2.36. The number of hydrogen-bond acceptors (Lipinski definition) is 2. The second-order valence-electron chi connectivity index (χ2n) is 3.92. The van der Waals surface area contributed by atoms with Crippen LogP contribution in [-0.2, 0) is 4.79 Å². The van der Waals surface area contributed by atoms with Crippen LogP contribution >= 0.6 is 15.9 Å². The minimum absolute atomic E-state index is 0.525. The molecular formula is C10H16BrNO2. The molecule has 3 nitrogen and oxygen atoms in total. The lowest BCUT2D eigenvalue weighted by Crippen LogP contribution is -2.34. The van der Waals surface area contributed by atoms with E-state index in [0.29, 0.717) is 13.0 Å². The maximum absolute atomic E-state index is 11.1. The molecule has 0 spiro atoms. The van der Waals surface area contributed by atoms with E-state index in [2.05, 4.69) is 27.4 Å². The molecule has 1 aliphatic rings. The number of likely N-dealkylation sites (tertiary alicyclic amines) is 1. The number of hydrogen-bond donors (Lipinski definition) is 1. The molecule has 0 aliphatic carbocycles. The molecule has 1 fully saturated rings. The zero-order valence-corrected chi connectivity index (χ0v) is 10.0. The van der Waals surface area contributed by atoms with Crippen molar-refractivity contribution in [1.29, 1.82) is 0 Å². The van der Waals surface area contributed by atoms with Crippen molar-refractivity contribution in [3.05, 3.63) is 11.1 Å². The molecule has 1 atom stereocenters. The van der Waals surface area contributed by atoms with E-state index in [1.165, 1.54) is 0 Å². The van der Waals surface area contributed by atoms with Crippen LogP contribution in [0.2, 0.25) is 0 Å². The zero-order valence-electron chi connectivity index (χ0n) is 8.42. The Balaban J connectivity index is 2.61. The van der Waals surface area contributed by atoms with Gasteiger partial charge in [0.05, 0.1) is 5.41 Å². The van der Waals surface area contributed by atoms with Crippen LogP contribution in [0.4, 0.5) is 0 Å². The summed E-state index contributed by atoms with van der Waals surface area (Å²) in [5.74, 6) is -0.664. The predicted molar refractivity (Wildman–Crippen MR) is 59.5 cm³/mol. The number of carboxylic acid groups (broad SMARTS) is 1. The fourth-order valence-corrected chi connectivity index (χ4v) is 2.30. The molecule has 1 rings (SSSR count). The minimum Gasteiger partial charge on any atom is -0.481 e. The smallest absolute Gasteiger partial charge is 0.310 e. The van der Waals surface area contributed by atoms with Gasteiger partial charge < -0.3 is 5.11 Å². The molecule has 1 saturated heterocycles. The average Bonchev–Trinajstić information content (AvgIpc) is 2.48. The molecule has 4 heteroatoms. The highest BCUT2D eigenvalue weighted by Gasteiger charge is 2.42. The van der Waals surface area contributed by atoms with Gasteiger partial charge in [-0.1, -0.05) is 29.4 Å². The van der Waals surface area contributed by atoms with Crippen LogP contribution in [0.5, 0.6) is 0 Å².